The number of aliphatic hydroxyl groups is 4. The lowest BCUT2D eigenvalue weighted by Gasteiger charge is -2.36. The Morgan fingerprint density at radius 2 is 1.69 bits per heavy atom. The first-order valence-electron chi connectivity index (χ1n) is 3.51. The minimum Gasteiger partial charge on any atom is -0.389 e. The number of carbonyl (C=O) groups excluding carboxylic acids is 1. The number of rotatable bonds is 4. The molecule has 0 amide bonds. The third kappa shape index (κ3) is 2.44. The summed E-state index contributed by atoms with van der Waals surface area (Å²) in [7, 11) is 0. The number of aldehydes is 1. The Bertz CT molecular complexity index is 191. The monoisotopic (exact) mass is 194 g/mol. The highest BCUT2D eigenvalue weighted by Crippen LogP contribution is 2.15. The largest absolute Gasteiger partial charge is 0.389 e. The van der Waals surface area contributed by atoms with Gasteiger partial charge in [0.2, 0.25) is 5.72 Å². The number of carbonyl (C=O) groups is 1. The minimum atomic E-state index is -2.69. The van der Waals surface area contributed by atoms with Gasteiger partial charge in [0.1, 0.15) is 6.10 Å². The predicted molar refractivity (Wildman–Crippen MR) is 42.0 cm³/mol. The quantitative estimate of drug-likeness (QED) is 0.198. The maximum Gasteiger partial charge on any atom is 0.201 e. The lowest BCUT2D eigenvalue weighted by Crippen LogP contribution is -2.70. The Balaban J connectivity index is 4.77. The summed E-state index contributed by atoms with van der Waals surface area (Å²) in [6.45, 7) is 1.07. The molecule has 0 saturated heterocycles. The van der Waals surface area contributed by atoms with Crippen molar-refractivity contribution in [2.75, 3.05) is 0 Å². The highest BCUT2D eigenvalue weighted by atomic mass is 16.4. The van der Waals surface area contributed by atoms with Crippen LogP contribution >= 0.6 is 0 Å². The fourth-order valence-corrected chi connectivity index (χ4v) is 0.663. The molecule has 0 aromatic heterocycles. The zero-order valence-electron chi connectivity index (χ0n) is 7.08. The molecule has 0 saturated carbocycles. The SMILES string of the molecule is CC(O)[C@](N)(O)C(O)[C@@](N)(O)C=O. The number of hydrogen-bond acceptors (Lipinski definition) is 7. The average molecular weight is 194 g/mol. The van der Waals surface area contributed by atoms with Gasteiger partial charge in [-0.15, -0.1) is 0 Å². The molecule has 0 radical (unpaired) electrons. The van der Waals surface area contributed by atoms with Crippen LogP contribution in [0.4, 0.5) is 0 Å². The second-order valence-corrected chi connectivity index (χ2v) is 2.97. The Morgan fingerprint density at radius 1 is 1.31 bits per heavy atom. The third-order valence-corrected chi connectivity index (χ3v) is 1.73. The van der Waals surface area contributed by atoms with Crippen molar-refractivity contribution in [3.8, 4) is 0 Å². The van der Waals surface area contributed by atoms with E-state index in [0.717, 1.165) is 6.92 Å². The molecule has 0 rings (SSSR count). The van der Waals surface area contributed by atoms with Crippen LogP contribution in [0.3, 0.4) is 0 Å². The molecular formula is C6H14N2O5. The third-order valence-electron chi connectivity index (χ3n) is 1.73. The predicted octanol–water partition coefficient (Wildman–Crippen LogP) is -3.78. The molecule has 0 aliphatic carbocycles. The molecular weight excluding hydrogens is 180 g/mol. The van der Waals surface area contributed by atoms with E-state index in [9.17, 15) is 9.90 Å². The number of hydrogen-bond donors (Lipinski definition) is 6. The van der Waals surface area contributed by atoms with Crippen LogP contribution in [0.25, 0.3) is 0 Å². The standard InChI is InChI=1S/C6H14N2O5/c1-3(10)6(8,13)4(11)5(7,12)2-9/h2-4,10-13H,7-8H2,1H3/t3?,4?,5-,6-/m0/s1. The van der Waals surface area contributed by atoms with Crippen molar-refractivity contribution >= 4 is 6.29 Å². The molecule has 0 aromatic carbocycles. The smallest absolute Gasteiger partial charge is 0.201 e. The van der Waals surface area contributed by atoms with Gasteiger partial charge in [0, 0.05) is 0 Å². The van der Waals surface area contributed by atoms with Crippen molar-refractivity contribution in [1.29, 1.82) is 0 Å². The molecule has 78 valence electrons. The molecule has 0 fully saturated rings. The maximum absolute atomic E-state index is 10.2. The molecule has 0 spiro atoms. The summed E-state index contributed by atoms with van der Waals surface area (Å²) in [4.78, 5) is 10.2. The summed E-state index contributed by atoms with van der Waals surface area (Å²) >= 11 is 0. The first kappa shape index (κ1) is 12.4. The van der Waals surface area contributed by atoms with Crippen LogP contribution in [0, 0.1) is 0 Å². The minimum absolute atomic E-state index is 0.183. The van der Waals surface area contributed by atoms with Crippen LogP contribution in [0.1, 0.15) is 6.92 Å². The number of aliphatic hydroxyl groups excluding tert-OH is 2. The van der Waals surface area contributed by atoms with Gasteiger partial charge in [-0.1, -0.05) is 0 Å². The summed E-state index contributed by atoms with van der Waals surface area (Å²) in [6.07, 6.45) is -3.92. The lowest BCUT2D eigenvalue weighted by molar-refractivity contribution is -0.197. The van der Waals surface area contributed by atoms with Gasteiger partial charge in [0.15, 0.2) is 12.0 Å². The summed E-state index contributed by atoms with van der Waals surface area (Å²) in [6, 6.07) is 0. The fourth-order valence-electron chi connectivity index (χ4n) is 0.663. The van der Waals surface area contributed by atoms with Gasteiger partial charge in [-0.3, -0.25) is 16.3 Å². The molecule has 13 heavy (non-hydrogen) atoms. The summed E-state index contributed by atoms with van der Waals surface area (Å²) in [5.41, 5.74) is 4.65. The Morgan fingerprint density at radius 3 is 1.92 bits per heavy atom. The van der Waals surface area contributed by atoms with Gasteiger partial charge in [-0.2, -0.15) is 0 Å². The summed E-state index contributed by atoms with van der Waals surface area (Å²) in [5.74, 6) is 0. The van der Waals surface area contributed by atoms with E-state index in [1.54, 1.807) is 0 Å². The van der Waals surface area contributed by atoms with Crippen molar-refractivity contribution in [3.05, 3.63) is 0 Å². The molecule has 4 atom stereocenters. The van der Waals surface area contributed by atoms with E-state index in [4.69, 9.17) is 26.8 Å². The topological polar surface area (TPSA) is 150 Å². The molecule has 7 nitrogen and oxygen atoms in total. The van der Waals surface area contributed by atoms with E-state index in [1.165, 1.54) is 0 Å². The second kappa shape index (κ2) is 3.66. The zero-order valence-corrected chi connectivity index (χ0v) is 7.08. The molecule has 0 aliphatic rings. The molecule has 0 aromatic rings. The van der Waals surface area contributed by atoms with Crippen LogP contribution in [-0.2, 0) is 4.79 Å². The van der Waals surface area contributed by atoms with Crippen molar-refractivity contribution in [1.82, 2.24) is 0 Å². The Hall–Kier alpha value is -0.570. The second-order valence-electron chi connectivity index (χ2n) is 2.97. The van der Waals surface area contributed by atoms with Crippen molar-refractivity contribution in [2.45, 2.75) is 30.6 Å². The van der Waals surface area contributed by atoms with E-state index in [-0.39, 0.29) is 6.29 Å². The fraction of sp³-hybridized carbons (Fsp3) is 0.833. The normalized spacial score (nSPS) is 25.5. The number of nitrogens with two attached hydrogens (primary N) is 2. The van der Waals surface area contributed by atoms with Crippen molar-refractivity contribution in [2.24, 2.45) is 11.5 Å². The van der Waals surface area contributed by atoms with Crippen LogP contribution in [0.5, 0.6) is 0 Å². The zero-order chi connectivity index (χ0) is 10.9. The van der Waals surface area contributed by atoms with Gasteiger partial charge < -0.3 is 20.4 Å². The van der Waals surface area contributed by atoms with E-state index in [0.29, 0.717) is 0 Å². The summed E-state index contributed by atoms with van der Waals surface area (Å²) < 4.78 is 0. The molecule has 2 unspecified atom stereocenters. The first-order chi connectivity index (χ1) is 5.66. The van der Waals surface area contributed by atoms with Gasteiger partial charge in [-0.25, -0.2) is 0 Å². The van der Waals surface area contributed by atoms with E-state index >= 15 is 0 Å². The van der Waals surface area contributed by atoms with Gasteiger partial charge in [0.05, 0.1) is 6.10 Å². The van der Waals surface area contributed by atoms with Crippen LogP contribution < -0.4 is 11.5 Å². The van der Waals surface area contributed by atoms with E-state index < -0.39 is 23.7 Å². The molecule has 0 aliphatic heterocycles. The maximum atomic E-state index is 10.2. The van der Waals surface area contributed by atoms with Crippen molar-refractivity contribution < 1.29 is 25.2 Å². The Labute approximate surface area is 74.6 Å². The van der Waals surface area contributed by atoms with Crippen LogP contribution in [-0.4, -0.2) is 50.4 Å². The van der Waals surface area contributed by atoms with Gasteiger partial charge >= 0.3 is 0 Å². The van der Waals surface area contributed by atoms with Gasteiger partial charge in [0.25, 0.3) is 0 Å². The van der Waals surface area contributed by atoms with Gasteiger partial charge in [-0.05, 0) is 6.92 Å². The summed E-state index contributed by atoms with van der Waals surface area (Å²) in [5, 5.41) is 36.2. The van der Waals surface area contributed by atoms with E-state index in [1.807, 2.05) is 0 Å². The van der Waals surface area contributed by atoms with E-state index in [2.05, 4.69) is 0 Å². The highest BCUT2D eigenvalue weighted by Gasteiger charge is 2.47. The lowest BCUT2D eigenvalue weighted by atomic mass is 9.94. The molecule has 0 bridgehead atoms. The first-order valence-corrected chi connectivity index (χ1v) is 3.51. The van der Waals surface area contributed by atoms with Crippen molar-refractivity contribution in [3.63, 3.8) is 0 Å². The highest BCUT2D eigenvalue weighted by molar-refractivity contribution is 5.62. The van der Waals surface area contributed by atoms with Crippen LogP contribution in [0.15, 0.2) is 0 Å². The molecule has 7 heteroatoms. The molecule has 0 heterocycles. The Kier molecular flexibility index (Phi) is 3.50. The average Bonchev–Trinajstić information content (AvgIpc) is 2.02. The molecule has 8 N–H and O–H groups in total. The van der Waals surface area contributed by atoms with Crippen LogP contribution in [0.2, 0.25) is 0 Å².